The number of fused-ring (bicyclic) bond motifs is 1. The summed E-state index contributed by atoms with van der Waals surface area (Å²) >= 11 is 0. The molecule has 2 aromatic carbocycles. The zero-order chi connectivity index (χ0) is 13.1. The minimum absolute atomic E-state index is 0.251. The van der Waals surface area contributed by atoms with Crippen molar-refractivity contribution in [2.24, 2.45) is 0 Å². The van der Waals surface area contributed by atoms with Crippen molar-refractivity contribution >= 4 is 0 Å². The Labute approximate surface area is 114 Å². The molecule has 0 spiro atoms. The second-order valence-electron chi connectivity index (χ2n) is 5.17. The van der Waals surface area contributed by atoms with Gasteiger partial charge in [-0.3, -0.25) is 0 Å². The van der Waals surface area contributed by atoms with Gasteiger partial charge in [0.2, 0.25) is 0 Å². The molecule has 19 heavy (non-hydrogen) atoms. The summed E-state index contributed by atoms with van der Waals surface area (Å²) in [5.41, 5.74) is 4.22. The maximum absolute atomic E-state index is 9.31. The van der Waals surface area contributed by atoms with E-state index in [1.165, 1.54) is 21.6 Å². The molecule has 3 rings (SSSR count). The van der Waals surface area contributed by atoms with Crippen LogP contribution in [0.5, 0.6) is 0 Å². The predicted molar refractivity (Wildman–Crippen MR) is 76.2 cm³/mol. The molecule has 2 N–H and O–H groups in total. The number of aliphatic hydroxyl groups excluding tert-OH is 1. The van der Waals surface area contributed by atoms with E-state index in [2.05, 4.69) is 54.6 Å². The molecule has 2 unspecified atom stereocenters. The first-order chi connectivity index (χ1) is 9.40. The molecular formula is C17H20NO+. The summed E-state index contributed by atoms with van der Waals surface area (Å²) in [6, 6.07) is 19.7. The number of nitrogens with one attached hydrogen (secondary N) is 1. The van der Waals surface area contributed by atoms with Crippen LogP contribution in [-0.4, -0.2) is 24.8 Å². The lowest BCUT2D eigenvalue weighted by atomic mass is 9.88. The molecule has 0 amide bonds. The third-order valence-electron chi connectivity index (χ3n) is 4.06. The summed E-state index contributed by atoms with van der Waals surface area (Å²) in [6.45, 7) is 2.16. The van der Waals surface area contributed by atoms with Crippen LogP contribution in [0, 0.1) is 0 Å². The number of quaternary nitrogens is 1. The molecule has 1 heterocycles. The van der Waals surface area contributed by atoms with Crippen LogP contribution in [0.4, 0.5) is 0 Å². The summed E-state index contributed by atoms with van der Waals surface area (Å²) in [5, 5.41) is 9.31. The Balaban J connectivity index is 2.05. The second-order valence-corrected chi connectivity index (χ2v) is 5.17. The van der Waals surface area contributed by atoms with Crippen LogP contribution in [0.3, 0.4) is 0 Å². The van der Waals surface area contributed by atoms with Crippen molar-refractivity contribution in [3.05, 3.63) is 71.3 Å². The number of aliphatic hydroxyl groups is 1. The lowest BCUT2D eigenvalue weighted by Crippen LogP contribution is -3.14. The van der Waals surface area contributed by atoms with Gasteiger partial charge in [-0.25, -0.2) is 0 Å². The third-order valence-corrected chi connectivity index (χ3v) is 4.06. The van der Waals surface area contributed by atoms with Gasteiger partial charge >= 0.3 is 0 Å². The molecule has 0 fully saturated rings. The standard InChI is InChI=1S/C17H19NO/c19-13-12-18-11-10-14-6-4-5-9-16(14)17(18)15-7-2-1-3-8-15/h1-9,17,19H,10-13H2/p+1. The minimum atomic E-state index is 0.251. The summed E-state index contributed by atoms with van der Waals surface area (Å²) in [5.74, 6) is 0. The Morgan fingerprint density at radius 3 is 2.53 bits per heavy atom. The fraction of sp³-hybridized carbons (Fsp3) is 0.294. The molecule has 2 heteroatoms. The molecule has 2 nitrogen and oxygen atoms in total. The number of benzene rings is 2. The fourth-order valence-electron chi connectivity index (χ4n) is 3.18. The van der Waals surface area contributed by atoms with Gasteiger partial charge in [-0.1, -0.05) is 54.6 Å². The van der Waals surface area contributed by atoms with Crippen molar-refractivity contribution in [3.63, 3.8) is 0 Å². The first kappa shape index (κ1) is 12.4. The van der Waals surface area contributed by atoms with E-state index in [-0.39, 0.29) is 6.61 Å². The molecule has 0 saturated heterocycles. The molecule has 0 aromatic heterocycles. The van der Waals surface area contributed by atoms with Crippen LogP contribution in [0.2, 0.25) is 0 Å². The highest BCUT2D eigenvalue weighted by Gasteiger charge is 2.31. The highest BCUT2D eigenvalue weighted by atomic mass is 16.3. The molecule has 98 valence electrons. The molecule has 0 radical (unpaired) electrons. The number of hydrogen-bond donors (Lipinski definition) is 2. The van der Waals surface area contributed by atoms with E-state index >= 15 is 0 Å². The zero-order valence-electron chi connectivity index (χ0n) is 11.0. The average Bonchev–Trinajstić information content (AvgIpc) is 2.48. The van der Waals surface area contributed by atoms with Crippen LogP contribution in [0.1, 0.15) is 22.7 Å². The van der Waals surface area contributed by atoms with Crippen LogP contribution in [0.15, 0.2) is 54.6 Å². The maximum Gasteiger partial charge on any atom is 0.139 e. The van der Waals surface area contributed by atoms with E-state index in [0.29, 0.717) is 6.04 Å². The maximum atomic E-state index is 9.31. The topological polar surface area (TPSA) is 24.7 Å². The molecular weight excluding hydrogens is 234 g/mol. The Morgan fingerprint density at radius 1 is 1.00 bits per heavy atom. The Morgan fingerprint density at radius 2 is 1.74 bits per heavy atom. The van der Waals surface area contributed by atoms with Gasteiger partial charge in [0.1, 0.15) is 12.6 Å². The smallest absolute Gasteiger partial charge is 0.139 e. The molecule has 0 saturated carbocycles. The second kappa shape index (κ2) is 5.55. The molecule has 0 bridgehead atoms. The van der Waals surface area contributed by atoms with Gasteiger partial charge in [0, 0.05) is 17.5 Å². The van der Waals surface area contributed by atoms with Crippen molar-refractivity contribution in [1.29, 1.82) is 0 Å². The summed E-state index contributed by atoms with van der Waals surface area (Å²) in [7, 11) is 0. The zero-order valence-corrected chi connectivity index (χ0v) is 11.0. The van der Waals surface area contributed by atoms with Crippen molar-refractivity contribution in [2.75, 3.05) is 19.7 Å². The van der Waals surface area contributed by atoms with Crippen LogP contribution < -0.4 is 4.90 Å². The van der Waals surface area contributed by atoms with Gasteiger partial charge < -0.3 is 10.0 Å². The third kappa shape index (κ3) is 2.42. The first-order valence-electron chi connectivity index (χ1n) is 6.98. The number of rotatable bonds is 3. The number of hydrogen-bond acceptors (Lipinski definition) is 1. The summed E-state index contributed by atoms with van der Waals surface area (Å²) in [4.78, 5) is 1.47. The summed E-state index contributed by atoms with van der Waals surface area (Å²) < 4.78 is 0. The van der Waals surface area contributed by atoms with Gasteiger partial charge in [0.05, 0.1) is 13.2 Å². The lowest BCUT2D eigenvalue weighted by Gasteiger charge is -2.34. The van der Waals surface area contributed by atoms with Gasteiger partial charge in [-0.15, -0.1) is 0 Å². The molecule has 2 atom stereocenters. The van der Waals surface area contributed by atoms with E-state index in [4.69, 9.17) is 0 Å². The van der Waals surface area contributed by atoms with Crippen molar-refractivity contribution in [2.45, 2.75) is 12.5 Å². The fourth-order valence-corrected chi connectivity index (χ4v) is 3.18. The largest absolute Gasteiger partial charge is 0.391 e. The molecule has 1 aliphatic heterocycles. The van der Waals surface area contributed by atoms with Gasteiger partial charge in [0.25, 0.3) is 0 Å². The quantitative estimate of drug-likeness (QED) is 0.845. The minimum Gasteiger partial charge on any atom is -0.391 e. The first-order valence-corrected chi connectivity index (χ1v) is 6.98. The Hall–Kier alpha value is -1.64. The monoisotopic (exact) mass is 254 g/mol. The predicted octanol–water partition coefficient (Wildman–Crippen LogP) is 1.21. The van der Waals surface area contributed by atoms with Crippen LogP contribution in [-0.2, 0) is 6.42 Å². The Bertz CT molecular complexity index is 538. The van der Waals surface area contributed by atoms with Crippen LogP contribution in [0.25, 0.3) is 0 Å². The van der Waals surface area contributed by atoms with Gasteiger partial charge in [-0.05, 0) is 5.56 Å². The van der Waals surface area contributed by atoms with E-state index < -0.39 is 0 Å². The lowest BCUT2D eigenvalue weighted by molar-refractivity contribution is -0.928. The van der Waals surface area contributed by atoms with Crippen LogP contribution >= 0.6 is 0 Å². The molecule has 1 aliphatic rings. The Kier molecular flexibility index (Phi) is 3.62. The average molecular weight is 254 g/mol. The van der Waals surface area contributed by atoms with Crippen molar-refractivity contribution in [3.8, 4) is 0 Å². The van der Waals surface area contributed by atoms with Crippen molar-refractivity contribution in [1.82, 2.24) is 0 Å². The van der Waals surface area contributed by atoms with Gasteiger partial charge in [0.15, 0.2) is 0 Å². The van der Waals surface area contributed by atoms with E-state index in [0.717, 1.165) is 19.5 Å². The highest BCUT2D eigenvalue weighted by molar-refractivity contribution is 5.36. The highest BCUT2D eigenvalue weighted by Crippen LogP contribution is 2.25. The molecule has 0 aliphatic carbocycles. The van der Waals surface area contributed by atoms with E-state index in [9.17, 15) is 5.11 Å². The van der Waals surface area contributed by atoms with E-state index in [1.807, 2.05) is 0 Å². The van der Waals surface area contributed by atoms with Gasteiger partial charge in [-0.2, -0.15) is 0 Å². The van der Waals surface area contributed by atoms with Crippen molar-refractivity contribution < 1.29 is 10.0 Å². The SMILES string of the molecule is OCC[NH+]1CCc2ccccc2C1c1ccccc1. The van der Waals surface area contributed by atoms with E-state index in [1.54, 1.807) is 0 Å². The summed E-state index contributed by atoms with van der Waals surface area (Å²) in [6.07, 6.45) is 1.11. The normalized spacial score (nSPS) is 21.9. The molecule has 2 aromatic rings.